The minimum atomic E-state index is -0.676. The van der Waals surface area contributed by atoms with Crippen LogP contribution in [0.4, 0.5) is 10.5 Å². The number of hydrogen-bond donors (Lipinski definition) is 3. The Morgan fingerprint density at radius 1 is 1.10 bits per heavy atom. The summed E-state index contributed by atoms with van der Waals surface area (Å²) in [5.74, 6) is -0.850. The lowest BCUT2D eigenvalue weighted by atomic mass is 10.3. The number of rotatable bonds is 6. The molecule has 0 bridgehead atoms. The van der Waals surface area contributed by atoms with Gasteiger partial charge in [-0.2, -0.15) is 0 Å². The lowest BCUT2D eigenvalue weighted by Gasteiger charge is -2.09. The lowest BCUT2D eigenvalue weighted by Crippen LogP contribution is -2.40. The molecule has 0 aliphatic heterocycles. The van der Waals surface area contributed by atoms with Gasteiger partial charge in [0.1, 0.15) is 6.54 Å². The van der Waals surface area contributed by atoms with E-state index in [0.29, 0.717) is 5.69 Å². The zero-order valence-electron chi connectivity index (χ0n) is 11.4. The highest BCUT2D eigenvalue weighted by molar-refractivity contribution is 9.10. The molecule has 1 aromatic carbocycles. The van der Waals surface area contributed by atoms with Crippen molar-refractivity contribution in [2.45, 2.75) is 6.92 Å². The highest BCUT2D eigenvalue weighted by Crippen LogP contribution is 2.20. The highest BCUT2D eigenvalue weighted by Gasteiger charge is 2.09. The minimum Gasteiger partial charge on any atom is -0.450 e. The Hall–Kier alpha value is -2.09. The third-order valence-corrected chi connectivity index (χ3v) is 2.95. The second kappa shape index (κ2) is 8.96. The van der Waals surface area contributed by atoms with Crippen molar-refractivity contribution in [2.24, 2.45) is 0 Å². The SMILES string of the molecule is CCOC(=O)NCC(=O)NCC(=O)Nc1ccccc1Br. The molecule has 0 spiro atoms. The highest BCUT2D eigenvalue weighted by atomic mass is 79.9. The van der Waals surface area contributed by atoms with Gasteiger partial charge in [-0.25, -0.2) is 4.79 Å². The maximum atomic E-state index is 11.7. The summed E-state index contributed by atoms with van der Waals surface area (Å²) in [7, 11) is 0. The summed E-state index contributed by atoms with van der Waals surface area (Å²) >= 11 is 3.30. The fourth-order valence-corrected chi connectivity index (χ4v) is 1.72. The van der Waals surface area contributed by atoms with Gasteiger partial charge < -0.3 is 20.7 Å². The summed E-state index contributed by atoms with van der Waals surface area (Å²) in [5, 5.41) is 7.27. The number of ether oxygens (including phenoxy) is 1. The largest absolute Gasteiger partial charge is 0.450 e. The average molecular weight is 358 g/mol. The number of amides is 3. The van der Waals surface area contributed by atoms with Crippen molar-refractivity contribution in [3.8, 4) is 0 Å². The number of nitrogens with one attached hydrogen (secondary N) is 3. The van der Waals surface area contributed by atoms with Crippen molar-refractivity contribution >= 4 is 39.5 Å². The second-order valence-electron chi connectivity index (χ2n) is 3.88. The molecule has 0 fully saturated rings. The number of benzene rings is 1. The van der Waals surface area contributed by atoms with Gasteiger partial charge >= 0.3 is 6.09 Å². The van der Waals surface area contributed by atoms with Gasteiger partial charge in [0.15, 0.2) is 0 Å². The molecule has 0 aliphatic carbocycles. The van der Waals surface area contributed by atoms with Gasteiger partial charge in [-0.3, -0.25) is 9.59 Å². The molecule has 0 aromatic heterocycles. The molecule has 1 aromatic rings. The van der Waals surface area contributed by atoms with Crippen LogP contribution in [0.3, 0.4) is 0 Å². The number of carbonyl (C=O) groups excluding carboxylic acids is 3. The summed E-state index contributed by atoms with van der Waals surface area (Å²) in [6, 6.07) is 7.12. The summed E-state index contributed by atoms with van der Waals surface area (Å²) < 4.78 is 5.34. The first-order chi connectivity index (χ1) is 10.0. The lowest BCUT2D eigenvalue weighted by molar-refractivity contribution is -0.123. The maximum absolute atomic E-state index is 11.7. The molecule has 0 atom stereocenters. The number of hydrogen-bond acceptors (Lipinski definition) is 4. The standard InChI is InChI=1S/C13H16BrN3O4/c1-2-21-13(20)16-7-11(18)15-8-12(19)17-10-6-4-3-5-9(10)14/h3-6H,2,7-8H2,1H3,(H,15,18)(H,16,20)(H,17,19). The molecule has 0 saturated heterocycles. The van der Waals surface area contributed by atoms with Crippen molar-refractivity contribution in [2.75, 3.05) is 25.0 Å². The van der Waals surface area contributed by atoms with E-state index >= 15 is 0 Å². The fraction of sp³-hybridized carbons (Fsp3) is 0.308. The molecule has 7 nitrogen and oxygen atoms in total. The average Bonchev–Trinajstić information content (AvgIpc) is 2.46. The first-order valence-electron chi connectivity index (χ1n) is 6.24. The molecule has 0 saturated carbocycles. The Bertz CT molecular complexity index is 522. The Balaban J connectivity index is 2.28. The third-order valence-electron chi connectivity index (χ3n) is 2.26. The molecule has 3 amide bonds. The number of carbonyl (C=O) groups is 3. The maximum Gasteiger partial charge on any atom is 0.407 e. The van der Waals surface area contributed by atoms with Crippen LogP contribution in [0.15, 0.2) is 28.7 Å². The molecular formula is C13H16BrN3O4. The zero-order valence-corrected chi connectivity index (χ0v) is 13.0. The van der Waals surface area contributed by atoms with Crippen LogP contribution in [0.5, 0.6) is 0 Å². The summed E-state index contributed by atoms with van der Waals surface area (Å²) in [6.07, 6.45) is -0.676. The topological polar surface area (TPSA) is 96.5 Å². The third kappa shape index (κ3) is 6.75. The first-order valence-corrected chi connectivity index (χ1v) is 7.04. The number of para-hydroxylation sites is 1. The minimum absolute atomic E-state index is 0.190. The van der Waals surface area contributed by atoms with E-state index in [1.54, 1.807) is 25.1 Å². The van der Waals surface area contributed by atoms with Crippen LogP contribution >= 0.6 is 15.9 Å². The molecule has 1 rings (SSSR count). The molecule has 0 heterocycles. The van der Waals surface area contributed by atoms with E-state index in [9.17, 15) is 14.4 Å². The van der Waals surface area contributed by atoms with E-state index < -0.39 is 12.0 Å². The van der Waals surface area contributed by atoms with E-state index in [1.807, 2.05) is 6.07 Å². The van der Waals surface area contributed by atoms with Gasteiger partial charge in [0.05, 0.1) is 18.8 Å². The monoisotopic (exact) mass is 357 g/mol. The van der Waals surface area contributed by atoms with Gasteiger partial charge in [-0.05, 0) is 35.0 Å². The molecular weight excluding hydrogens is 342 g/mol. The molecule has 0 radical (unpaired) electrons. The fourth-order valence-electron chi connectivity index (χ4n) is 1.33. The van der Waals surface area contributed by atoms with Gasteiger partial charge in [-0.15, -0.1) is 0 Å². The smallest absolute Gasteiger partial charge is 0.407 e. The summed E-state index contributed by atoms with van der Waals surface area (Å²) in [4.78, 5) is 34.0. The molecule has 0 unspecified atom stereocenters. The Kier molecular flexibility index (Phi) is 7.24. The Morgan fingerprint density at radius 2 is 1.76 bits per heavy atom. The molecule has 0 aliphatic rings. The Morgan fingerprint density at radius 3 is 2.43 bits per heavy atom. The van der Waals surface area contributed by atoms with Crippen molar-refractivity contribution in [3.05, 3.63) is 28.7 Å². The van der Waals surface area contributed by atoms with Crippen LogP contribution in [-0.2, 0) is 14.3 Å². The van der Waals surface area contributed by atoms with E-state index in [-0.39, 0.29) is 25.6 Å². The van der Waals surface area contributed by atoms with E-state index in [1.165, 1.54) is 0 Å². The van der Waals surface area contributed by atoms with Gasteiger partial charge in [0.2, 0.25) is 11.8 Å². The van der Waals surface area contributed by atoms with E-state index in [2.05, 4.69) is 36.6 Å². The normalized spacial score (nSPS) is 9.62. The van der Waals surface area contributed by atoms with Gasteiger partial charge in [0.25, 0.3) is 0 Å². The van der Waals surface area contributed by atoms with Gasteiger partial charge in [0, 0.05) is 4.47 Å². The first kappa shape index (κ1) is 17.0. The van der Waals surface area contributed by atoms with Crippen LogP contribution in [0.2, 0.25) is 0 Å². The molecule has 8 heteroatoms. The van der Waals surface area contributed by atoms with Crippen LogP contribution < -0.4 is 16.0 Å². The van der Waals surface area contributed by atoms with Gasteiger partial charge in [-0.1, -0.05) is 12.1 Å². The van der Waals surface area contributed by atoms with Crippen LogP contribution in [-0.4, -0.2) is 37.6 Å². The summed E-state index contributed by atoms with van der Waals surface area (Å²) in [6.45, 7) is 1.44. The second-order valence-corrected chi connectivity index (χ2v) is 4.73. The number of halogens is 1. The predicted octanol–water partition coefficient (Wildman–Crippen LogP) is 1.25. The molecule has 21 heavy (non-hydrogen) atoms. The summed E-state index contributed by atoms with van der Waals surface area (Å²) in [5.41, 5.74) is 0.612. The number of anilines is 1. The van der Waals surface area contributed by atoms with Crippen molar-refractivity contribution < 1.29 is 19.1 Å². The van der Waals surface area contributed by atoms with Crippen molar-refractivity contribution in [3.63, 3.8) is 0 Å². The predicted molar refractivity (Wildman–Crippen MR) is 80.8 cm³/mol. The van der Waals surface area contributed by atoms with E-state index in [0.717, 1.165) is 4.47 Å². The van der Waals surface area contributed by atoms with Crippen molar-refractivity contribution in [1.29, 1.82) is 0 Å². The number of alkyl carbamates (subject to hydrolysis) is 1. The van der Waals surface area contributed by atoms with Crippen LogP contribution in [0.1, 0.15) is 6.92 Å². The van der Waals surface area contributed by atoms with Crippen LogP contribution in [0, 0.1) is 0 Å². The Labute approximate surface area is 130 Å². The quantitative estimate of drug-likeness (QED) is 0.713. The zero-order chi connectivity index (χ0) is 15.7. The van der Waals surface area contributed by atoms with Crippen molar-refractivity contribution in [1.82, 2.24) is 10.6 Å². The van der Waals surface area contributed by atoms with E-state index in [4.69, 9.17) is 0 Å². The van der Waals surface area contributed by atoms with Crippen LogP contribution in [0.25, 0.3) is 0 Å². The molecule has 114 valence electrons. The molecule has 3 N–H and O–H groups in total.